The van der Waals surface area contributed by atoms with Crippen molar-refractivity contribution in [3.63, 3.8) is 0 Å². The van der Waals surface area contributed by atoms with Crippen LogP contribution in [0.4, 0.5) is 0 Å². The number of hydrogen-bond donors (Lipinski definition) is 0. The molecule has 1 heterocycles. The molecule has 0 aromatic heterocycles. The summed E-state index contributed by atoms with van der Waals surface area (Å²) in [5, 5.41) is 0. The van der Waals surface area contributed by atoms with Gasteiger partial charge in [-0.15, -0.1) is 0 Å². The fourth-order valence-corrected chi connectivity index (χ4v) is 3.27. The summed E-state index contributed by atoms with van der Waals surface area (Å²) in [6.07, 6.45) is 7.37. The molecule has 0 spiro atoms. The van der Waals surface area contributed by atoms with Crippen LogP contribution in [0, 0.1) is 5.92 Å². The highest BCUT2D eigenvalue weighted by Crippen LogP contribution is 2.24. The number of hydrogen-bond acceptors (Lipinski definition) is 3. The molecule has 106 valence electrons. The summed E-state index contributed by atoms with van der Waals surface area (Å²) >= 11 is 0. The van der Waals surface area contributed by atoms with E-state index in [-0.39, 0.29) is 0 Å². The molecule has 0 aromatic rings. The summed E-state index contributed by atoms with van der Waals surface area (Å²) in [4.78, 5) is 5.24. The van der Waals surface area contributed by atoms with Gasteiger partial charge < -0.3 is 9.64 Å². The Balaban J connectivity index is 1.57. The number of ether oxygens (including phenoxy) is 1. The van der Waals surface area contributed by atoms with Crippen LogP contribution < -0.4 is 0 Å². The number of rotatable bonds is 6. The van der Waals surface area contributed by atoms with Crippen LogP contribution in [0.15, 0.2) is 0 Å². The van der Waals surface area contributed by atoms with E-state index in [9.17, 15) is 0 Å². The van der Waals surface area contributed by atoms with Gasteiger partial charge in [-0.1, -0.05) is 19.3 Å². The summed E-state index contributed by atoms with van der Waals surface area (Å²) in [5.74, 6) is 0.994. The number of piperazine rings is 1. The van der Waals surface area contributed by atoms with E-state index >= 15 is 0 Å². The zero-order valence-electron chi connectivity index (χ0n) is 12.1. The van der Waals surface area contributed by atoms with Crippen molar-refractivity contribution >= 4 is 0 Å². The Hall–Kier alpha value is -0.120. The monoisotopic (exact) mass is 254 g/mol. The van der Waals surface area contributed by atoms with Gasteiger partial charge in [-0.3, -0.25) is 4.90 Å². The second-order valence-electron chi connectivity index (χ2n) is 5.84. The third-order valence-electron chi connectivity index (χ3n) is 4.46. The molecule has 1 saturated carbocycles. The molecule has 0 unspecified atom stereocenters. The van der Waals surface area contributed by atoms with Crippen molar-refractivity contribution in [3.8, 4) is 0 Å². The van der Waals surface area contributed by atoms with Gasteiger partial charge in [0.2, 0.25) is 0 Å². The predicted molar refractivity (Wildman–Crippen MR) is 75.9 cm³/mol. The van der Waals surface area contributed by atoms with E-state index in [0.717, 1.165) is 25.7 Å². The largest absolute Gasteiger partial charge is 0.380 e. The first-order valence-corrected chi connectivity index (χ1v) is 7.91. The normalized spacial score (nSPS) is 24.5. The zero-order valence-corrected chi connectivity index (χ0v) is 12.1. The molecule has 0 radical (unpaired) electrons. The molecule has 0 amide bonds. The minimum Gasteiger partial charge on any atom is -0.380 e. The van der Waals surface area contributed by atoms with Gasteiger partial charge in [0.1, 0.15) is 0 Å². The van der Waals surface area contributed by atoms with Crippen molar-refractivity contribution in [3.05, 3.63) is 0 Å². The lowest BCUT2D eigenvalue weighted by atomic mass is 9.89. The first-order valence-electron chi connectivity index (χ1n) is 7.91. The maximum atomic E-state index is 5.43. The van der Waals surface area contributed by atoms with Gasteiger partial charge in [-0.05, 0) is 25.7 Å². The van der Waals surface area contributed by atoms with Crippen molar-refractivity contribution in [2.75, 3.05) is 52.5 Å². The summed E-state index contributed by atoms with van der Waals surface area (Å²) in [6.45, 7) is 11.3. The maximum absolute atomic E-state index is 5.43. The van der Waals surface area contributed by atoms with Gasteiger partial charge in [0.25, 0.3) is 0 Å². The van der Waals surface area contributed by atoms with Crippen LogP contribution in [0.3, 0.4) is 0 Å². The number of nitrogens with zero attached hydrogens (tertiary/aromatic N) is 2. The Kier molecular flexibility index (Phi) is 6.46. The van der Waals surface area contributed by atoms with Crippen molar-refractivity contribution in [2.24, 2.45) is 5.92 Å². The topological polar surface area (TPSA) is 15.7 Å². The minimum atomic E-state index is 0.849. The third kappa shape index (κ3) is 4.87. The minimum absolute atomic E-state index is 0.849. The van der Waals surface area contributed by atoms with Crippen LogP contribution in [0.1, 0.15) is 39.0 Å². The lowest BCUT2D eigenvalue weighted by Gasteiger charge is -2.37. The molecule has 2 aliphatic rings. The van der Waals surface area contributed by atoms with E-state index in [2.05, 4.69) is 16.7 Å². The van der Waals surface area contributed by atoms with Crippen molar-refractivity contribution in [1.82, 2.24) is 9.80 Å². The Labute approximate surface area is 112 Å². The fraction of sp³-hybridized carbons (Fsp3) is 1.00. The Morgan fingerprint density at radius 2 is 1.61 bits per heavy atom. The van der Waals surface area contributed by atoms with Crippen LogP contribution in [0.25, 0.3) is 0 Å². The van der Waals surface area contributed by atoms with Crippen molar-refractivity contribution in [1.29, 1.82) is 0 Å². The van der Waals surface area contributed by atoms with Crippen LogP contribution in [-0.2, 0) is 4.74 Å². The van der Waals surface area contributed by atoms with Crippen LogP contribution >= 0.6 is 0 Å². The Morgan fingerprint density at radius 1 is 0.944 bits per heavy atom. The van der Waals surface area contributed by atoms with Gasteiger partial charge in [0.05, 0.1) is 6.61 Å². The average Bonchev–Trinajstić information content (AvgIpc) is 2.42. The highest BCUT2D eigenvalue weighted by molar-refractivity contribution is 4.76. The molecule has 1 saturated heterocycles. The molecule has 2 fully saturated rings. The van der Waals surface area contributed by atoms with E-state index in [0.29, 0.717) is 0 Å². The average molecular weight is 254 g/mol. The molecule has 0 aromatic carbocycles. The van der Waals surface area contributed by atoms with E-state index < -0.39 is 0 Å². The molecule has 0 N–H and O–H groups in total. The first kappa shape index (κ1) is 14.3. The molecule has 0 atom stereocenters. The van der Waals surface area contributed by atoms with Gasteiger partial charge in [-0.2, -0.15) is 0 Å². The van der Waals surface area contributed by atoms with Gasteiger partial charge in [-0.25, -0.2) is 0 Å². The molecule has 0 bridgehead atoms. The standard InChI is InChI=1S/C15H30N2O/c1-2-18-13-12-16-8-10-17(11-9-16)14-15-6-4-3-5-7-15/h15H,2-14H2,1H3. The zero-order chi connectivity index (χ0) is 12.6. The van der Waals surface area contributed by atoms with Crippen molar-refractivity contribution in [2.45, 2.75) is 39.0 Å². The SMILES string of the molecule is CCOCCN1CCN(CC2CCCCC2)CC1. The molecule has 1 aliphatic carbocycles. The lowest BCUT2D eigenvalue weighted by Crippen LogP contribution is -2.48. The Morgan fingerprint density at radius 3 is 2.28 bits per heavy atom. The predicted octanol–water partition coefficient (Wildman–Crippen LogP) is 2.22. The van der Waals surface area contributed by atoms with E-state index in [4.69, 9.17) is 4.74 Å². The van der Waals surface area contributed by atoms with Gasteiger partial charge in [0.15, 0.2) is 0 Å². The molecular weight excluding hydrogens is 224 g/mol. The van der Waals surface area contributed by atoms with Gasteiger partial charge >= 0.3 is 0 Å². The quantitative estimate of drug-likeness (QED) is 0.676. The second kappa shape index (κ2) is 8.13. The van der Waals surface area contributed by atoms with Crippen LogP contribution in [0.5, 0.6) is 0 Å². The Bertz CT molecular complexity index is 209. The highest BCUT2D eigenvalue weighted by atomic mass is 16.5. The third-order valence-corrected chi connectivity index (χ3v) is 4.46. The summed E-state index contributed by atoms with van der Waals surface area (Å²) in [6, 6.07) is 0. The van der Waals surface area contributed by atoms with E-state index in [1.165, 1.54) is 64.8 Å². The highest BCUT2D eigenvalue weighted by Gasteiger charge is 2.21. The lowest BCUT2D eigenvalue weighted by molar-refractivity contribution is 0.0725. The van der Waals surface area contributed by atoms with Gasteiger partial charge in [0, 0.05) is 45.9 Å². The van der Waals surface area contributed by atoms with Crippen molar-refractivity contribution < 1.29 is 4.74 Å². The molecule has 18 heavy (non-hydrogen) atoms. The summed E-state index contributed by atoms with van der Waals surface area (Å²) < 4.78 is 5.43. The smallest absolute Gasteiger partial charge is 0.0593 e. The fourth-order valence-electron chi connectivity index (χ4n) is 3.27. The molecule has 1 aliphatic heterocycles. The maximum Gasteiger partial charge on any atom is 0.0593 e. The second-order valence-corrected chi connectivity index (χ2v) is 5.84. The first-order chi connectivity index (χ1) is 8.88. The van der Waals surface area contributed by atoms with E-state index in [1.54, 1.807) is 0 Å². The summed E-state index contributed by atoms with van der Waals surface area (Å²) in [7, 11) is 0. The molecule has 3 heteroatoms. The van der Waals surface area contributed by atoms with Crippen LogP contribution in [0.2, 0.25) is 0 Å². The molecule has 3 nitrogen and oxygen atoms in total. The molecular formula is C15H30N2O. The molecule has 2 rings (SSSR count). The van der Waals surface area contributed by atoms with Crippen LogP contribution in [-0.4, -0.2) is 62.3 Å². The summed E-state index contributed by atoms with van der Waals surface area (Å²) in [5.41, 5.74) is 0. The van der Waals surface area contributed by atoms with E-state index in [1.807, 2.05) is 0 Å².